The van der Waals surface area contributed by atoms with E-state index in [0.717, 1.165) is 14.2 Å². The normalized spacial score (nSPS) is 12.2. The molecule has 9 heteroatoms. The summed E-state index contributed by atoms with van der Waals surface area (Å²) in [6.07, 6.45) is 1.52. The quantitative estimate of drug-likeness (QED) is 0.611. The predicted molar refractivity (Wildman–Crippen MR) is 67.8 cm³/mol. The Bertz CT molecular complexity index is 745. The van der Waals surface area contributed by atoms with Crippen LogP contribution in [0.5, 0.6) is 0 Å². The van der Waals surface area contributed by atoms with Crippen LogP contribution < -0.4 is 0 Å². The van der Waals surface area contributed by atoms with Gasteiger partial charge in [-0.15, -0.1) is 0 Å². The lowest BCUT2D eigenvalue weighted by atomic mass is 10.4. The van der Waals surface area contributed by atoms with Crippen LogP contribution in [0.3, 0.4) is 0 Å². The lowest BCUT2D eigenvalue weighted by Gasteiger charge is -2.01. The molecule has 0 spiro atoms. The molecular weight excluding hydrogens is 374 g/mol. The summed E-state index contributed by atoms with van der Waals surface area (Å²) in [6, 6.07) is 0.955. The molecule has 0 unspecified atom stereocenters. The fourth-order valence-corrected chi connectivity index (χ4v) is 2.03. The molecule has 0 fully saturated rings. The third-order valence-electron chi connectivity index (χ3n) is 2.43. The first kappa shape index (κ1) is 12.4. The highest BCUT2D eigenvalue weighted by atomic mass is 127. The highest BCUT2D eigenvalue weighted by molar-refractivity contribution is 14.1. The molecule has 0 saturated heterocycles. The summed E-state index contributed by atoms with van der Waals surface area (Å²) < 4.78 is 41.3. The van der Waals surface area contributed by atoms with Gasteiger partial charge in [0.25, 0.3) is 0 Å². The van der Waals surface area contributed by atoms with Crippen LogP contribution in [0, 0.1) is 3.57 Å². The van der Waals surface area contributed by atoms with Gasteiger partial charge >= 0.3 is 6.18 Å². The van der Waals surface area contributed by atoms with Gasteiger partial charge in [-0.25, -0.2) is 14.2 Å². The number of rotatable bonds is 1. The van der Waals surface area contributed by atoms with Crippen LogP contribution >= 0.6 is 22.6 Å². The van der Waals surface area contributed by atoms with Crippen molar-refractivity contribution in [3.05, 3.63) is 40.1 Å². The molecule has 98 valence electrons. The van der Waals surface area contributed by atoms with Crippen molar-refractivity contribution in [3.8, 4) is 5.82 Å². The molecule has 0 aliphatic carbocycles. The highest BCUT2D eigenvalue weighted by Gasteiger charge is 2.34. The zero-order valence-corrected chi connectivity index (χ0v) is 11.3. The highest BCUT2D eigenvalue weighted by Crippen LogP contribution is 2.29. The topological polar surface area (TPSA) is 48.0 Å². The van der Waals surface area contributed by atoms with Gasteiger partial charge < -0.3 is 0 Å². The van der Waals surface area contributed by atoms with Crippen LogP contribution in [-0.4, -0.2) is 24.4 Å². The average Bonchev–Trinajstić information content (AvgIpc) is 2.93. The SMILES string of the molecule is FC(F)(F)c1cc2c(-n3cc(I)cn3)nccn2n1. The molecule has 19 heavy (non-hydrogen) atoms. The van der Waals surface area contributed by atoms with Crippen molar-refractivity contribution in [2.24, 2.45) is 0 Å². The first-order chi connectivity index (χ1) is 8.95. The van der Waals surface area contributed by atoms with E-state index in [4.69, 9.17) is 0 Å². The van der Waals surface area contributed by atoms with E-state index in [1.165, 1.54) is 17.1 Å². The lowest BCUT2D eigenvalue weighted by molar-refractivity contribution is -0.141. The zero-order chi connectivity index (χ0) is 13.6. The van der Waals surface area contributed by atoms with Crippen LogP contribution in [0.25, 0.3) is 11.3 Å². The Labute approximate surface area is 118 Å². The van der Waals surface area contributed by atoms with E-state index in [0.29, 0.717) is 5.82 Å². The zero-order valence-electron chi connectivity index (χ0n) is 9.13. The van der Waals surface area contributed by atoms with E-state index >= 15 is 0 Å². The van der Waals surface area contributed by atoms with Gasteiger partial charge in [-0.1, -0.05) is 0 Å². The van der Waals surface area contributed by atoms with Gasteiger partial charge in [-0.2, -0.15) is 23.4 Å². The summed E-state index contributed by atoms with van der Waals surface area (Å²) in [5.74, 6) is 0.299. The van der Waals surface area contributed by atoms with Crippen molar-refractivity contribution in [1.82, 2.24) is 24.4 Å². The first-order valence-corrected chi connectivity index (χ1v) is 6.15. The summed E-state index contributed by atoms with van der Waals surface area (Å²) >= 11 is 2.06. The Morgan fingerprint density at radius 2 is 2.05 bits per heavy atom. The summed E-state index contributed by atoms with van der Waals surface area (Å²) in [4.78, 5) is 4.05. The van der Waals surface area contributed by atoms with Gasteiger partial charge in [-0.3, -0.25) is 0 Å². The molecule has 5 nitrogen and oxygen atoms in total. The minimum Gasteiger partial charge on any atom is -0.235 e. The molecule has 0 radical (unpaired) electrons. The van der Waals surface area contributed by atoms with E-state index < -0.39 is 11.9 Å². The number of hydrogen-bond donors (Lipinski definition) is 0. The van der Waals surface area contributed by atoms with E-state index in [1.807, 2.05) is 0 Å². The molecule has 0 atom stereocenters. The smallest absolute Gasteiger partial charge is 0.235 e. The molecule has 3 aromatic rings. The fourth-order valence-electron chi connectivity index (χ4n) is 1.64. The largest absolute Gasteiger partial charge is 0.435 e. The summed E-state index contributed by atoms with van der Waals surface area (Å²) in [5.41, 5.74) is -0.710. The maximum Gasteiger partial charge on any atom is 0.435 e. The second-order valence-electron chi connectivity index (χ2n) is 3.71. The molecule has 3 aromatic heterocycles. The third kappa shape index (κ3) is 2.17. The van der Waals surface area contributed by atoms with Gasteiger partial charge in [0.1, 0.15) is 5.52 Å². The number of nitrogens with zero attached hydrogens (tertiary/aromatic N) is 5. The van der Waals surface area contributed by atoms with Crippen molar-refractivity contribution in [1.29, 1.82) is 0 Å². The second-order valence-corrected chi connectivity index (χ2v) is 4.96. The molecular formula is C10H5F3IN5. The van der Waals surface area contributed by atoms with Crippen LogP contribution in [0.2, 0.25) is 0 Å². The Kier molecular flexibility index (Phi) is 2.73. The molecule has 3 heterocycles. The van der Waals surface area contributed by atoms with E-state index in [9.17, 15) is 13.2 Å². The molecule has 3 rings (SSSR count). The van der Waals surface area contributed by atoms with Crippen molar-refractivity contribution in [2.45, 2.75) is 6.18 Å². The van der Waals surface area contributed by atoms with Crippen molar-refractivity contribution >= 4 is 28.1 Å². The predicted octanol–water partition coefficient (Wildman–Crippen LogP) is 2.54. The van der Waals surface area contributed by atoms with Crippen molar-refractivity contribution in [3.63, 3.8) is 0 Å². The summed E-state index contributed by atoms with van der Waals surface area (Å²) in [6.45, 7) is 0. The summed E-state index contributed by atoms with van der Waals surface area (Å²) in [5, 5.41) is 7.52. The molecule has 0 saturated carbocycles. The molecule has 0 aliphatic rings. The van der Waals surface area contributed by atoms with Crippen molar-refractivity contribution in [2.75, 3.05) is 0 Å². The minimum absolute atomic E-state index is 0.245. The molecule has 0 aliphatic heterocycles. The standard InChI is InChI=1S/C10H5F3IN5/c11-10(12,13)8-3-7-9(15-1-2-18(7)17-8)19-5-6(14)4-16-19/h1-5H. The van der Waals surface area contributed by atoms with Crippen LogP contribution in [0.4, 0.5) is 13.2 Å². The number of aromatic nitrogens is 5. The number of hydrogen-bond acceptors (Lipinski definition) is 3. The van der Waals surface area contributed by atoms with Crippen LogP contribution in [-0.2, 0) is 6.18 Å². The van der Waals surface area contributed by atoms with E-state index in [2.05, 4.69) is 37.8 Å². The van der Waals surface area contributed by atoms with Crippen molar-refractivity contribution < 1.29 is 13.2 Å². The Balaban J connectivity index is 2.23. The van der Waals surface area contributed by atoms with Gasteiger partial charge in [0.2, 0.25) is 0 Å². The van der Waals surface area contributed by atoms with Crippen LogP contribution in [0.1, 0.15) is 5.69 Å². The maximum absolute atomic E-state index is 12.6. The van der Waals surface area contributed by atoms with E-state index in [1.54, 1.807) is 12.4 Å². The average molecular weight is 379 g/mol. The number of halogens is 4. The minimum atomic E-state index is -4.48. The first-order valence-electron chi connectivity index (χ1n) is 5.07. The Morgan fingerprint density at radius 1 is 1.26 bits per heavy atom. The third-order valence-corrected chi connectivity index (χ3v) is 2.99. The lowest BCUT2D eigenvalue weighted by Crippen LogP contribution is -2.05. The second kappa shape index (κ2) is 4.18. The molecule has 0 bridgehead atoms. The number of alkyl halides is 3. The summed E-state index contributed by atoms with van der Waals surface area (Å²) in [7, 11) is 0. The molecule has 0 amide bonds. The Morgan fingerprint density at radius 3 is 2.68 bits per heavy atom. The molecule has 0 N–H and O–H groups in total. The van der Waals surface area contributed by atoms with E-state index in [-0.39, 0.29) is 5.52 Å². The monoisotopic (exact) mass is 379 g/mol. The van der Waals surface area contributed by atoms with Crippen LogP contribution in [0.15, 0.2) is 30.9 Å². The molecule has 0 aromatic carbocycles. The fraction of sp³-hybridized carbons (Fsp3) is 0.100. The van der Waals surface area contributed by atoms with Gasteiger partial charge in [0, 0.05) is 24.7 Å². The number of fused-ring (bicyclic) bond motifs is 1. The Hall–Kier alpha value is -1.65. The van der Waals surface area contributed by atoms with Gasteiger partial charge in [-0.05, 0) is 22.6 Å². The maximum atomic E-state index is 12.6. The van der Waals surface area contributed by atoms with Gasteiger partial charge in [0.15, 0.2) is 11.5 Å². The van der Waals surface area contributed by atoms with Gasteiger partial charge in [0.05, 0.1) is 9.77 Å².